The second-order valence-electron chi connectivity index (χ2n) is 5.77. The van der Waals surface area contributed by atoms with E-state index in [1.54, 1.807) is 26.2 Å². The van der Waals surface area contributed by atoms with Crippen LogP contribution in [0.3, 0.4) is 0 Å². The summed E-state index contributed by atoms with van der Waals surface area (Å²) in [6.45, 7) is 3.79. The van der Waals surface area contributed by atoms with Crippen molar-refractivity contribution < 1.29 is 19.5 Å². The first-order valence-corrected chi connectivity index (χ1v) is 7.07. The fourth-order valence-electron chi connectivity index (χ4n) is 1.96. The lowest BCUT2D eigenvalue weighted by Crippen LogP contribution is -2.41. The van der Waals surface area contributed by atoms with Gasteiger partial charge in [-0.25, -0.2) is 4.79 Å². The van der Waals surface area contributed by atoms with E-state index in [4.69, 9.17) is 5.11 Å². The lowest BCUT2D eigenvalue weighted by Gasteiger charge is -2.16. The number of hydrogen-bond donors (Lipinski definition) is 2. The zero-order valence-corrected chi connectivity index (χ0v) is 13.3. The van der Waals surface area contributed by atoms with Crippen molar-refractivity contribution in [1.82, 2.24) is 10.2 Å². The molecule has 0 radical (unpaired) electrons. The van der Waals surface area contributed by atoms with Crippen LogP contribution in [-0.2, 0) is 4.79 Å². The van der Waals surface area contributed by atoms with Gasteiger partial charge in [-0.2, -0.15) is 0 Å². The number of nitrogens with one attached hydrogen (secondary N) is 1. The van der Waals surface area contributed by atoms with E-state index in [0.717, 1.165) is 0 Å². The molecule has 6 heteroatoms. The van der Waals surface area contributed by atoms with Crippen molar-refractivity contribution in [2.45, 2.75) is 26.3 Å². The van der Waals surface area contributed by atoms with Crippen molar-refractivity contribution in [3.05, 3.63) is 35.4 Å². The molecule has 0 aliphatic rings. The summed E-state index contributed by atoms with van der Waals surface area (Å²) in [7, 11) is 3.29. The molecule has 0 saturated heterocycles. The fraction of sp³-hybridized carbons (Fsp3) is 0.438. The molecule has 1 aromatic rings. The molecular formula is C16H22N2O4. The van der Waals surface area contributed by atoms with Crippen LogP contribution in [0.4, 0.5) is 0 Å². The maximum Gasteiger partial charge on any atom is 0.326 e. The van der Waals surface area contributed by atoms with E-state index < -0.39 is 17.9 Å². The summed E-state index contributed by atoms with van der Waals surface area (Å²) in [6, 6.07) is 5.21. The predicted octanol–water partition coefficient (Wildman–Crippen LogP) is 1.62. The van der Waals surface area contributed by atoms with Crippen LogP contribution in [0.15, 0.2) is 24.3 Å². The molecule has 1 atom stereocenters. The van der Waals surface area contributed by atoms with Crippen molar-refractivity contribution in [3.8, 4) is 0 Å². The summed E-state index contributed by atoms with van der Waals surface area (Å²) >= 11 is 0. The average molecular weight is 306 g/mol. The number of carbonyl (C=O) groups excluding carboxylic acids is 2. The largest absolute Gasteiger partial charge is 0.480 e. The Morgan fingerprint density at radius 2 is 1.59 bits per heavy atom. The number of carboxylic acid groups (broad SMARTS) is 1. The number of carbonyl (C=O) groups is 3. The van der Waals surface area contributed by atoms with E-state index in [-0.39, 0.29) is 11.8 Å². The number of rotatable bonds is 6. The van der Waals surface area contributed by atoms with Gasteiger partial charge in [-0.15, -0.1) is 0 Å². The molecule has 0 aliphatic heterocycles. The van der Waals surface area contributed by atoms with Crippen LogP contribution >= 0.6 is 0 Å². The summed E-state index contributed by atoms with van der Waals surface area (Å²) in [5.74, 6) is -1.52. The third-order valence-corrected chi connectivity index (χ3v) is 3.11. The summed E-state index contributed by atoms with van der Waals surface area (Å²) < 4.78 is 0. The minimum absolute atomic E-state index is 0.154. The van der Waals surface area contributed by atoms with Crippen molar-refractivity contribution in [3.63, 3.8) is 0 Å². The first kappa shape index (κ1) is 17.7. The number of hydrogen-bond acceptors (Lipinski definition) is 3. The second kappa shape index (κ2) is 7.59. The predicted molar refractivity (Wildman–Crippen MR) is 82.8 cm³/mol. The van der Waals surface area contributed by atoms with E-state index >= 15 is 0 Å². The van der Waals surface area contributed by atoms with Gasteiger partial charge in [-0.05, 0) is 36.6 Å². The van der Waals surface area contributed by atoms with Gasteiger partial charge in [0, 0.05) is 25.2 Å². The molecule has 0 aromatic heterocycles. The Morgan fingerprint density at radius 1 is 1.09 bits per heavy atom. The van der Waals surface area contributed by atoms with Crippen molar-refractivity contribution in [2.24, 2.45) is 5.92 Å². The SMILES string of the molecule is CC(C)C[C@@H](NC(=O)c1ccc(C(=O)N(C)C)cc1)C(=O)O. The van der Waals surface area contributed by atoms with Crippen LogP contribution < -0.4 is 5.32 Å². The van der Waals surface area contributed by atoms with Gasteiger partial charge in [0.15, 0.2) is 0 Å². The number of aliphatic carboxylic acids is 1. The third-order valence-electron chi connectivity index (χ3n) is 3.11. The molecule has 2 amide bonds. The highest BCUT2D eigenvalue weighted by molar-refractivity contribution is 5.98. The topological polar surface area (TPSA) is 86.7 Å². The molecule has 6 nitrogen and oxygen atoms in total. The zero-order valence-electron chi connectivity index (χ0n) is 13.3. The highest BCUT2D eigenvalue weighted by Crippen LogP contribution is 2.09. The van der Waals surface area contributed by atoms with E-state index in [0.29, 0.717) is 17.5 Å². The summed E-state index contributed by atoms with van der Waals surface area (Å²) in [4.78, 5) is 36.4. The van der Waals surface area contributed by atoms with E-state index in [1.807, 2.05) is 13.8 Å². The van der Waals surface area contributed by atoms with E-state index in [2.05, 4.69) is 5.32 Å². The molecule has 2 N–H and O–H groups in total. The van der Waals surface area contributed by atoms with Crippen molar-refractivity contribution >= 4 is 17.8 Å². The van der Waals surface area contributed by atoms with Crippen molar-refractivity contribution in [1.29, 1.82) is 0 Å². The Labute approximate surface area is 130 Å². The fourth-order valence-corrected chi connectivity index (χ4v) is 1.96. The van der Waals surface area contributed by atoms with E-state index in [9.17, 15) is 14.4 Å². The van der Waals surface area contributed by atoms with Gasteiger partial charge in [0.2, 0.25) is 0 Å². The van der Waals surface area contributed by atoms with Gasteiger partial charge in [0.1, 0.15) is 6.04 Å². The van der Waals surface area contributed by atoms with Crippen LogP contribution in [-0.4, -0.2) is 47.9 Å². The summed E-state index contributed by atoms with van der Waals surface area (Å²) in [5, 5.41) is 11.6. The first-order chi connectivity index (χ1) is 10.2. The van der Waals surface area contributed by atoms with E-state index in [1.165, 1.54) is 17.0 Å². The van der Waals surface area contributed by atoms with Crippen LogP contribution in [0.2, 0.25) is 0 Å². The van der Waals surface area contributed by atoms with Gasteiger partial charge >= 0.3 is 5.97 Å². The number of benzene rings is 1. The smallest absolute Gasteiger partial charge is 0.326 e. The van der Waals surface area contributed by atoms with Gasteiger partial charge < -0.3 is 15.3 Å². The molecule has 0 spiro atoms. The monoisotopic (exact) mass is 306 g/mol. The molecule has 0 bridgehead atoms. The van der Waals surface area contributed by atoms with Crippen LogP contribution in [0.1, 0.15) is 41.0 Å². The lowest BCUT2D eigenvalue weighted by molar-refractivity contribution is -0.139. The molecule has 0 heterocycles. The molecule has 22 heavy (non-hydrogen) atoms. The molecule has 0 aliphatic carbocycles. The Kier molecular flexibility index (Phi) is 6.10. The zero-order chi connectivity index (χ0) is 16.9. The molecule has 0 unspecified atom stereocenters. The van der Waals surface area contributed by atoms with Crippen LogP contribution in [0.25, 0.3) is 0 Å². The molecular weight excluding hydrogens is 284 g/mol. The standard InChI is InChI=1S/C16H22N2O4/c1-10(2)9-13(16(21)22)17-14(19)11-5-7-12(8-6-11)15(20)18(3)4/h5-8,10,13H,9H2,1-4H3,(H,17,19)(H,21,22)/t13-/m1/s1. The maximum absolute atomic E-state index is 12.1. The summed E-state index contributed by atoms with van der Waals surface area (Å²) in [5.41, 5.74) is 0.795. The molecule has 1 rings (SSSR count). The molecule has 1 aromatic carbocycles. The lowest BCUT2D eigenvalue weighted by atomic mass is 10.0. The Hall–Kier alpha value is -2.37. The van der Waals surface area contributed by atoms with Crippen molar-refractivity contribution in [2.75, 3.05) is 14.1 Å². The van der Waals surface area contributed by atoms with Gasteiger partial charge in [-0.3, -0.25) is 9.59 Å². The average Bonchev–Trinajstić information content (AvgIpc) is 2.45. The quantitative estimate of drug-likeness (QED) is 0.836. The molecule has 0 fully saturated rings. The maximum atomic E-state index is 12.1. The highest BCUT2D eigenvalue weighted by Gasteiger charge is 2.21. The van der Waals surface area contributed by atoms with Crippen LogP contribution in [0.5, 0.6) is 0 Å². The minimum atomic E-state index is -1.05. The van der Waals surface area contributed by atoms with Gasteiger partial charge in [0.05, 0.1) is 0 Å². The Morgan fingerprint density at radius 3 is 2.00 bits per heavy atom. The number of amides is 2. The first-order valence-electron chi connectivity index (χ1n) is 7.07. The third kappa shape index (κ3) is 4.87. The Balaban J connectivity index is 2.81. The second-order valence-corrected chi connectivity index (χ2v) is 5.77. The van der Waals surface area contributed by atoms with Gasteiger partial charge in [-0.1, -0.05) is 13.8 Å². The molecule has 0 saturated carbocycles. The summed E-state index contributed by atoms with van der Waals surface area (Å²) in [6.07, 6.45) is 0.359. The number of carboxylic acids is 1. The van der Waals surface area contributed by atoms with Crippen LogP contribution in [0, 0.1) is 5.92 Å². The molecule has 120 valence electrons. The normalized spacial score (nSPS) is 11.9. The number of nitrogens with zero attached hydrogens (tertiary/aromatic N) is 1. The minimum Gasteiger partial charge on any atom is -0.480 e. The Bertz CT molecular complexity index is 550. The highest BCUT2D eigenvalue weighted by atomic mass is 16.4. The van der Waals surface area contributed by atoms with Gasteiger partial charge in [0.25, 0.3) is 11.8 Å².